The summed E-state index contributed by atoms with van der Waals surface area (Å²) in [4.78, 5) is 4.48. The van der Waals surface area contributed by atoms with Crippen molar-refractivity contribution in [1.82, 2.24) is 9.55 Å². The van der Waals surface area contributed by atoms with E-state index in [0.717, 1.165) is 29.8 Å². The second-order valence-corrected chi connectivity index (χ2v) is 6.73. The molecule has 0 radical (unpaired) electrons. The van der Waals surface area contributed by atoms with Gasteiger partial charge in [-0.25, -0.2) is 9.37 Å². The first-order chi connectivity index (χ1) is 9.67. The van der Waals surface area contributed by atoms with Gasteiger partial charge in [-0.05, 0) is 46.8 Å². The summed E-state index contributed by atoms with van der Waals surface area (Å²) in [5.41, 5.74) is 1.62. The van der Waals surface area contributed by atoms with Crippen LogP contribution in [0, 0.1) is 5.82 Å². The lowest BCUT2D eigenvalue weighted by Crippen LogP contribution is -2.03. The molecule has 0 fully saturated rings. The number of halogens is 3. The SMILES string of the molecule is CSCCCCCn1c(CCl)nc2cc(Br)c(F)cc21. The zero-order valence-electron chi connectivity index (χ0n) is 11.3. The number of alkyl halides is 1. The summed E-state index contributed by atoms with van der Waals surface area (Å²) in [6.07, 6.45) is 5.56. The van der Waals surface area contributed by atoms with E-state index in [0.29, 0.717) is 10.4 Å². The Morgan fingerprint density at radius 3 is 2.85 bits per heavy atom. The molecular formula is C14H17BrClFN2S. The van der Waals surface area contributed by atoms with Crippen molar-refractivity contribution in [2.45, 2.75) is 31.7 Å². The largest absolute Gasteiger partial charge is 0.327 e. The minimum absolute atomic E-state index is 0.262. The quantitative estimate of drug-likeness (QED) is 0.485. The summed E-state index contributed by atoms with van der Waals surface area (Å²) in [7, 11) is 0. The van der Waals surface area contributed by atoms with E-state index in [1.165, 1.54) is 24.7 Å². The normalized spacial score (nSPS) is 11.4. The number of aryl methyl sites for hydroxylation is 1. The van der Waals surface area contributed by atoms with E-state index in [4.69, 9.17) is 11.6 Å². The number of fused-ring (bicyclic) bond motifs is 1. The molecule has 1 heterocycles. The van der Waals surface area contributed by atoms with Crippen LogP contribution in [0.25, 0.3) is 11.0 Å². The predicted molar refractivity (Wildman–Crippen MR) is 89.2 cm³/mol. The van der Waals surface area contributed by atoms with Crippen LogP contribution in [0.2, 0.25) is 0 Å². The van der Waals surface area contributed by atoms with Crippen molar-refractivity contribution in [3.05, 3.63) is 28.2 Å². The number of benzene rings is 1. The molecule has 20 heavy (non-hydrogen) atoms. The van der Waals surface area contributed by atoms with Gasteiger partial charge in [0.15, 0.2) is 0 Å². The van der Waals surface area contributed by atoms with Gasteiger partial charge >= 0.3 is 0 Å². The van der Waals surface area contributed by atoms with Gasteiger partial charge < -0.3 is 4.57 Å². The lowest BCUT2D eigenvalue weighted by atomic mass is 10.2. The fourth-order valence-corrected chi connectivity index (χ4v) is 3.24. The average Bonchev–Trinajstić information content (AvgIpc) is 2.76. The Morgan fingerprint density at radius 2 is 2.15 bits per heavy atom. The third-order valence-electron chi connectivity index (χ3n) is 3.22. The van der Waals surface area contributed by atoms with Crippen molar-refractivity contribution in [2.24, 2.45) is 0 Å². The monoisotopic (exact) mass is 378 g/mol. The smallest absolute Gasteiger partial charge is 0.139 e. The average molecular weight is 380 g/mol. The highest BCUT2D eigenvalue weighted by Crippen LogP contribution is 2.25. The molecule has 110 valence electrons. The summed E-state index contributed by atoms with van der Waals surface area (Å²) < 4.78 is 16.2. The van der Waals surface area contributed by atoms with Crippen molar-refractivity contribution in [3.8, 4) is 0 Å². The van der Waals surface area contributed by atoms with Crippen molar-refractivity contribution < 1.29 is 4.39 Å². The number of unbranched alkanes of at least 4 members (excludes halogenated alkanes) is 2. The Bertz CT molecular complexity index is 588. The maximum atomic E-state index is 13.7. The highest BCUT2D eigenvalue weighted by Gasteiger charge is 2.12. The van der Waals surface area contributed by atoms with Crippen LogP contribution in [0.15, 0.2) is 16.6 Å². The zero-order valence-corrected chi connectivity index (χ0v) is 14.5. The molecule has 0 spiro atoms. The number of hydrogen-bond acceptors (Lipinski definition) is 2. The van der Waals surface area contributed by atoms with E-state index in [-0.39, 0.29) is 5.82 Å². The van der Waals surface area contributed by atoms with Gasteiger partial charge in [0.05, 0.1) is 21.4 Å². The number of rotatable bonds is 7. The molecule has 2 rings (SSSR count). The number of aromatic nitrogens is 2. The molecule has 2 nitrogen and oxygen atoms in total. The third kappa shape index (κ3) is 3.68. The Kier molecular flexibility index (Phi) is 6.18. The molecule has 0 saturated heterocycles. The molecule has 0 aliphatic rings. The van der Waals surface area contributed by atoms with Crippen LogP contribution in [0.5, 0.6) is 0 Å². The van der Waals surface area contributed by atoms with Crippen LogP contribution < -0.4 is 0 Å². The first kappa shape index (κ1) is 16.1. The lowest BCUT2D eigenvalue weighted by molar-refractivity contribution is 0.597. The summed E-state index contributed by atoms with van der Waals surface area (Å²) in [6, 6.07) is 3.25. The van der Waals surface area contributed by atoms with Crippen LogP contribution in [-0.2, 0) is 12.4 Å². The van der Waals surface area contributed by atoms with Crippen molar-refractivity contribution in [2.75, 3.05) is 12.0 Å². The highest BCUT2D eigenvalue weighted by atomic mass is 79.9. The highest BCUT2D eigenvalue weighted by molar-refractivity contribution is 9.10. The topological polar surface area (TPSA) is 17.8 Å². The molecule has 1 aromatic heterocycles. The second-order valence-electron chi connectivity index (χ2n) is 4.62. The first-order valence-corrected chi connectivity index (χ1v) is 9.28. The second kappa shape index (κ2) is 7.66. The minimum atomic E-state index is -0.262. The van der Waals surface area contributed by atoms with E-state index in [9.17, 15) is 4.39 Å². The molecule has 0 amide bonds. The summed E-state index contributed by atoms with van der Waals surface area (Å²) in [5, 5.41) is 0. The van der Waals surface area contributed by atoms with Crippen molar-refractivity contribution >= 4 is 50.3 Å². The number of nitrogens with zero attached hydrogens (tertiary/aromatic N) is 2. The molecule has 0 aliphatic heterocycles. The fourth-order valence-electron chi connectivity index (χ4n) is 2.21. The summed E-state index contributed by atoms with van der Waals surface area (Å²) >= 11 is 11.0. The minimum Gasteiger partial charge on any atom is -0.327 e. The van der Waals surface area contributed by atoms with E-state index in [1.807, 2.05) is 16.3 Å². The van der Waals surface area contributed by atoms with Crippen molar-refractivity contribution in [3.63, 3.8) is 0 Å². The molecule has 1 aromatic carbocycles. The standard InChI is InChI=1S/C14H17BrClFN2S/c1-20-6-4-2-3-5-19-13-8-11(17)10(15)7-12(13)18-14(19)9-16/h7-8H,2-6,9H2,1H3. The Hall–Kier alpha value is -0.260. The van der Waals surface area contributed by atoms with Crippen LogP contribution >= 0.6 is 39.3 Å². The van der Waals surface area contributed by atoms with E-state index >= 15 is 0 Å². The Labute approximate surface area is 136 Å². The van der Waals surface area contributed by atoms with Gasteiger partial charge in [0, 0.05) is 12.6 Å². The maximum Gasteiger partial charge on any atom is 0.139 e. The van der Waals surface area contributed by atoms with E-state index in [2.05, 4.69) is 27.2 Å². The molecular weight excluding hydrogens is 363 g/mol. The third-order valence-corrected chi connectivity index (χ3v) is 4.76. The van der Waals surface area contributed by atoms with Crippen molar-refractivity contribution in [1.29, 1.82) is 0 Å². The van der Waals surface area contributed by atoms with Crippen LogP contribution in [0.4, 0.5) is 4.39 Å². The van der Waals surface area contributed by atoms with E-state index in [1.54, 1.807) is 6.07 Å². The Morgan fingerprint density at radius 1 is 1.35 bits per heavy atom. The van der Waals surface area contributed by atoms with Gasteiger partial charge in [-0.3, -0.25) is 0 Å². The number of imidazole rings is 1. The lowest BCUT2D eigenvalue weighted by Gasteiger charge is -2.07. The molecule has 6 heteroatoms. The van der Waals surface area contributed by atoms with E-state index < -0.39 is 0 Å². The fraction of sp³-hybridized carbons (Fsp3) is 0.500. The van der Waals surface area contributed by atoms with Gasteiger partial charge in [-0.15, -0.1) is 11.6 Å². The van der Waals surface area contributed by atoms with Crippen LogP contribution in [-0.4, -0.2) is 21.6 Å². The van der Waals surface area contributed by atoms with Crippen LogP contribution in [0.3, 0.4) is 0 Å². The van der Waals surface area contributed by atoms with Gasteiger partial charge in [0.2, 0.25) is 0 Å². The van der Waals surface area contributed by atoms with Gasteiger partial charge in [-0.2, -0.15) is 11.8 Å². The zero-order chi connectivity index (χ0) is 14.5. The maximum absolute atomic E-state index is 13.7. The summed E-state index contributed by atoms with van der Waals surface area (Å²) in [5.74, 6) is 2.08. The Balaban J connectivity index is 2.19. The first-order valence-electron chi connectivity index (χ1n) is 6.56. The summed E-state index contributed by atoms with van der Waals surface area (Å²) in [6.45, 7) is 0.841. The molecule has 0 aliphatic carbocycles. The van der Waals surface area contributed by atoms with Gasteiger partial charge in [0.1, 0.15) is 11.6 Å². The van der Waals surface area contributed by atoms with Crippen LogP contribution in [0.1, 0.15) is 25.1 Å². The molecule has 0 bridgehead atoms. The molecule has 0 atom stereocenters. The molecule has 2 aromatic rings. The number of hydrogen-bond donors (Lipinski definition) is 0. The molecule has 0 saturated carbocycles. The van der Waals surface area contributed by atoms with Gasteiger partial charge in [-0.1, -0.05) is 6.42 Å². The number of thioether (sulfide) groups is 1. The molecule has 0 N–H and O–H groups in total. The predicted octanol–water partition coefficient (Wildman–Crippen LogP) is 5.21. The molecule has 0 unspecified atom stereocenters. The van der Waals surface area contributed by atoms with Gasteiger partial charge in [0.25, 0.3) is 0 Å².